The van der Waals surface area contributed by atoms with Crippen LogP contribution in [0.5, 0.6) is 0 Å². The van der Waals surface area contributed by atoms with Crippen molar-refractivity contribution < 1.29 is 23.5 Å². The van der Waals surface area contributed by atoms with E-state index in [0.29, 0.717) is 41.7 Å². The molecule has 0 spiro atoms. The summed E-state index contributed by atoms with van der Waals surface area (Å²) in [5, 5.41) is 3.62. The van der Waals surface area contributed by atoms with Gasteiger partial charge in [-0.2, -0.15) is 0 Å². The quantitative estimate of drug-likeness (QED) is 0.562. The van der Waals surface area contributed by atoms with Gasteiger partial charge in [-0.3, -0.25) is 9.59 Å². The second kappa shape index (κ2) is 8.89. The van der Waals surface area contributed by atoms with Crippen LogP contribution in [0.4, 0.5) is 0 Å². The van der Waals surface area contributed by atoms with Crippen molar-refractivity contribution in [3.63, 3.8) is 0 Å². The second-order valence-electron chi connectivity index (χ2n) is 7.61. The van der Waals surface area contributed by atoms with E-state index >= 15 is 0 Å². The molecule has 0 fully saturated rings. The van der Waals surface area contributed by atoms with E-state index in [-0.39, 0.29) is 35.6 Å². The fourth-order valence-electron chi connectivity index (χ4n) is 4.27. The average molecular weight is 423 g/mol. The SMILES string of the molecule is CCOCCOC(=O)C1=C(C)NC2=C(C(=O)CCC2)C1c1coc2ccccc2c1=O. The number of allylic oxidation sites excluding steroid dienone is 3. The Balaban J connectivity index is 1.83. The van der Waals surface area contributed by atoms with Crippen LogP contribution >= 0.6 is 0 Å². The second-order valence-corrected chi connectivity index (χ2v) is 7.61. The summed E-state index contributed by atoms with van der Waals surface area (Å²) in [6.07, 6.45) is 3.15. The minimum atomic E-state index is -0.829. The first-order valence-electron chi connectivity index (χ1n) is 10.5. The van der Waals surface area contributed by atoms with Gasteiger partial charge in [0.1, 0.15) is 12.2 Å². The van der Waals surface area contributed by atoms with E-state index in [2.05, 4.69) is 5.32 Å². The molecule has 1 aromatic carbocycles. The summed E-state index contributed by atoms with van der Waals surface area (Å²) in [5.41, 5.74) is 2.51. The number of hydrogen-bond acceptors (Lipinski definition) is 7. The Hall–Kier alpha value is -3.19. The lowest BCUT2D eigenvalue weighted by molar-refractivity contribution is -0.140. The maximum Gasteiger partial charge on any atom is 0.336 e. The Kier molecular flexibility index (Phi) is 6.04. The third kappa shape index (κ3) is 3.93. The summed E-state index contributed by atoms with van der Waals surface area (Å²) in [7, 11) is 0. The topological polar surface area (TPSA) is 94.8 Å². The number of hydrogen-bond donors (Lipinski definition) is 1. The molecule has 0 saturated carbocycles. The molecule has 162 valence electrons. The highest BCUT2D eigenvalue weighted by Gasteiger charge is 2.40. The zero-order valence-corrected chi connectivity index (χ0v) is 17.7. The van der Waals surface area contributed by atoms with Gasteiger partial charge in [0, 0.05) is 35.6 Å². The minimum Gasteiger partial charge on any atom is -0.464 e. The molecule has 1 aromatic heterocycles. The van der Waals surface area contributed by atoms with Gasteiger partial charge in [-0.25, -0.2) is 4.79 Å². The summed E-state index contributed by atoms with van der Waals surface area (Å²) in [4.78, 5) is 39.4. The first-order chi connectivity index (χ1) is 15.0. The summed E-state index contributed by atoms with van der Waals surface area (Å²) in [5.74, 6) is -1.48. The molecule has 1 unspecified atom stereocenters. The van der Waals surface area contributed by atoms with Gasteiger partial charge in [-0.15, -0.1) is 0 Å². The standard InChI is InChI=1S/C24H25NO6/c1-3-29-11-12-30-24(28)20-14(2)25-17-8-6-9-18(26)22(17)21(20)16-13-31-19-10-5-4-7-15(19)23(16)27/h4-5,7,10,13,21,25H,3,6,8-9,11-12H2,1-2H3. The molecular formula is C24H25NO6. The number of fused-ring (bicyclic) bond motifs is 1. The lowest BCUT2D eigenvalue weighted by Crippen LogP contribution is -2.36. The van der Waals surface area contributed by atoms with Crippen LogP contribution in [-0.4, -0.2) is 31.6 Å². The zero-order chi connectivity index (χ0) is 22.0. The number of carbonyl (C=O) groups is 2. The van der Waals surface area contributed by atoms with Crippen molar-refractivity contribution in [2.75, 3.05) is 19.8 Å². The van der Waals surface area contributed by atoms with E-state index in [9.17, 15) is 14.4 Å². The van der Waals surface area contributed by atoms with Gasteiger partial charge in [0.25, 0.3) is 0 Å². The molecule has 7 nitrogen and oxygen atoms in total. The number of benzene rings is 1. The average Bonchev–Trinajstić information content (AvgIpc) is 2.76. The number of carbonyl (C=O) groups excluding carboxylic acids is 2. The number of ketones is 1. The number of esters is 1. The normalized spacial score (nSPS) is 18.8. The fraction of sp³-hybridized carbons (Fsp3) is 0.375. The molecule has 0 bridgehead atoms. The Morgan fingerprint density at radius 2 is 2.00 bits per heavy atom. The number of dihydropyridines is 1. The number of ether oxygens (including phenoxy) is 2. The molecule has 1 atom stereocenters. The Labute approximate surface area is 179 Å². The minimum absolute atomic E-state index is 0.0709. The predicted molar refractivity (Wildman–Crippen MR) is 114 cm³/mol. The molecule has 2 heterocycles. The van der Waals surface area contributed by atoms with E-state index in [1.165, 1.54) is 6.26 Å². The Bertz CT molecular complexity index is 1160. The van der Waals surface area contributed by atoms with Crippen molar-refractivity contribution in [1.82, 2.24) is 5.32 Å². The molecule has 0 radical (unpaired) electrons. The molecule has 4 rings (SSSR count). The van der Waals surface area contributed by atoms with Gasteiger partial charge in [0.15, 0.2) is 11.2 Å². The van der Waals surface area contributed by atoms with E-state index in [4.69, 9.17) is 13.9 Å². The molecule has 7 heteroatoms. The van der Waals surface area contributed by atoms with Crippen molar-refractivity contribution in [3.05, 3.63) is 68.9 Å². The van der Waals surface area contributed by atoms with Crippen molar-refractivity contribution >= 4 is 22.7 Å². The molecule has 2 aromatic rings. The van der Waals surface area contributed by atoms with Crippen LogP contribution in [0, 0.1) is 0 Å². The lowest BCUT2D eigenvalue weighted by atomic mass is 9.75. The predicted octanol–water partition coefficient (Wildman–Crippen LogP) is 3.34. The van der Waals surface area contributed by atoms with Gasteiger partial charge in [-0.05, 0) is 38.8 Å². The van der Waals surface area contributed by atoms with Crippen molar-refractivity contribution in [2.24, 2.45) is 0 Å². The van der Waals surface area contributed by atoms with Crippen molar-refractivity contribution in [3.8, 4) is 0 Å². The van der Waals surface area contributed by atoms with Crippen LogP contribution in [0.25, 0.3) is 11.0 Å². The van der Waals surface area contributed by atoms with Crippen molar-refractivity contribution in [2.45, 2.75) is 39.0 Å². The van der Waals surface area contributed by atoms with Crippen LogP contribution < -0.4 is 10.7 Å². The van der Waals surface area contributed by atoms with Gasteiger partial charge in [0.2, 0.25) is 0 Å². The highest BCUT2D eigenvalue weighted by Crippen LogP contribution is 2.41. The highest BCUT2D eigenvalue weighted by atomic mass is 16.6. The number of rotatable bonds is 6. The van der Waals surface area contributed by atoms with Gasteiger partial charge in [-0.1, -0.05) is 12.1 Å². The van der Waals surface area contributed by atoms with Crippen molar-refractivity contribution in [1.29, 1.82) is 0 Å². The monoisotopic (exact) mass is 423 g/mol. The van der Waals surface area contributed by atoms with E-state index < -0.39 is 11.9 Å². The van der Waals surface area contributed by atoms with Gasteiger partial charge < -0.3 is 19.2 Å². The zero-order valence-electron chi connectivity index (χ0n) is 17.7. The van der Waals surface area contributed by atoms with E-state index in [0.717, 1.165) is 12.1 Å². The van der Waals surface area contributed by atoms with Crippen LogP contribution in [0.15, 0.2) is 62.3 Å². The van der Waals surface area contributed by atoms with E-state index in [1.54, 1.807) is 31.2 Å². The summed E-state index contributed by atoms with van der Waals surface area (Å²) >= 11 is 0. The van der Waals surface area contributed by atoms with Crippen LogP contribution in [0.2, 0.25) is 0 Å². The molecule has 1 N–H and O–H groups in total. The van der Waals surface area contributed by atoms with Crippen LogP contribution in [-0.2, 0) is 19.1 Å². The van der Waals surface area contributed by atoms with Crippen LogP contribution in [0.3, 0.4) is 0 Å². The maximum atomic E-state index is 13.4. The third-order valence-corrected chi connectivity index (χ3v) is 5.68. The number of Topliss-reactive ketones (excluding diaryl/α,β-unsaturated/α-hetero) is 1. The molecule has 0 saturated heterocycles. The fourth-order valence-corrected chi connectivity index (χ4v) is 4.27. The summed E-state index contributed by atoms with van der Waals surface area (Å²) in [6, 6.07) is 6.93. The molecule has 1 aliphatic heterocycles. The first-order valence-corrected chi connectivity index (χ1v) is 10.5. The molecular weight excluding hydrogens is 398 g/mol. The Morgan fingerprint density at radius 1 is 1.19 bits per heavy atom. The maximum absolute atomic E-state index is 13.4. The Morgan fingerprint density at radius 3 is 2.81 bits per heavy atom. The largest absolute Gasteiger partial charge is 0.464 e. The number of para-hydroxylation sites is 1. The smallest absolute Gasteiger partial charge is 0.336 e. The number of nitrogens with one attached hydrogen (secondary N) is 1. The lowest BCUT2D eigenvalue weighted by Gasteiger charge is -2.33. The highest BCUT2D eigenvalue weighted by molar-refractivity contribution is 6.04. The molecule has 0 amide bonds. The summed E-state index contributed by atoms with van der Waals surface area (Å²) in [6.45, 7) is 4.50. The summed E-state index contributed by atoms with van der Waals surface area (Å²) < 4.78 is 16.4. The molecule has 2 aliphatic rings. The molecule has 31 heavy (non-hydrogen) atoms. The van der Waals surface area contributed by atoms with Gasteiger partial charge >= 0.3 is 5.97 Å². The first kappa shape index (κ1) is 21.1. The third-order valence-electron chi connectivity index (χ3n) is 5.68. The van der Waals surface area contributed by atoms with Gasteiger partial charge in [0.05, 0.1) is 29.7 Å². The van der Waals surface area contributed by atoms with Crippen LogP contribution in [0.1, 0.15) is 44.6 Å². The molecule has 1 aliphatic carbocycles. The van der Waals surface area contributed by atoms with E-state index in [1.807, 2.05) is 6.92 Å².